The molecule has 1 aromatic rings. The lowest BCUT2D eigenvalue weighted by molar-refractivity contribution is -0.186. The molecule has 3 N–H and O–H groups in total. The van der Waals surface area contributed by atoms with Crippen LogP contribution >= 0.6 is 24.0 Å². The van der Waals surface area contributed by atoms with Crippen molar-refractivity contribution in [3.05, 3.63) is 29.8 Å². The fraction of sp³-hybridized carbons (Fsp3) is 0.562. The van der Waals surface area contributed by atoms with E-state index in [0.29, 0.717) is 13.2 Å². The number of hydrogen-bond donors (Lipinski definition) is 2. The van der Waals surface area contributed by atoms with Gasteiger partial charge in [0.2, 0.25) is 0 Å². The van der Waals surface area contributed by atoms with E-state index in [0.717, 1.165) is 43.9 Å². The highest BCUT2D eigenvalue weighted by atomic mass is 127. The summed E-state index contributed by atoms with van der Waals surface area (Å²) in [4.78, 5) is 4.14. The van der Waals surface area contributed by atoms with Crippen molar-refractivity contribution in [3.63, 3.8) is 0 Å². The van der Waals surface area contributed by atoms with Gasteiger partial charge in [-0.25, -0.2) is 8.78 Å². The molecule has 1 aliphatic heterocycles. The van der Waals surface area contributed by atoms with E-state index in [9.17, 15) is 8.78 Å². The Morgan fingerprint density at radius 1 is 1.29 bits per heavy atom. The molecule has 134 valence electrons. The predicted molar refractivity (Wildman–Crippen MR) is 98.5 cm³/mol. The van der Waals surface area contributed by atoms with E-state index in [1.54, 1.807) is 0 Å². The average Bonchev–Trinajstić information content (AvgIpc) is 2.92. The third kappa shape index (κ3) is 4.76. The quantitative estimate of drug-likeness (QED) is 0.419. The summed E-state index contributed by atoms with van der Waals surface area (Å²) in [6.45, 7) is 0.794. The first-order chi connectivity index (χ1) is 11.1. The summed E-state index contributed by atoms with van der Waals surface area (Å²) in [5, 5.41) is 2.56. The summed E-state index contributed by atoms with van der Waals surface area (Å²) >= 11 is 0. The van der Waals surface area contributed by atoms with Crippen molar-refractivity contribution in [1.82, 2.24) is 0 Å². The average molecular weight is 453 g/mol. The first-order valence-corrected chi connectivity index (χ1v) is 7.90. The lowest BCUT2D eigenvalue weighted by Crippen LogP contribution is -2.34. The van der Waals surface area contributed by atoms with Gasteiger partial charge in [-0.05, 0) is 25.0 Å². The van der Waals surface area contributed by atoms with Gasteiger partial charge in [0.05, 0.1) is 18.8 Å². The van der Waals surface area contributed by atoms with E-state index in [1.165, 1.54) is 6.42 Å². The van der Waals surface area contributed by atoms with Gasteiger partial charge in [0.1, 0.15) is 17.7 Å². The number of guanidine groups is 1. The maximum atomic E-state index is 13.5. The first-order valence-electron chi connectivity index (χ1n) is 7.90. The minimum absolute atomic E-state index is 0. The predicted octanol–water partition coefficient (Wildman–Crippen LogP) is 3.39. The Hall–Kier alpha value is -1.00. The maximum Gasteiger partial charge on any atom is 0.193 e. The molecule has 2 fully saturated rings. The van der Waals surface area contributed by atoms with E-state index in [-0.39, 0.29) is 41.7 Å². The van der Waals surface area contributed by atoms with Crippen molar-refractivity contribution < 1.29 is 18.3 Å². The Balaban J connectivity index is 0.00000208. The lowest BCUT2D eigenvalue weighted by Gasteiger charge is -2.31. The summed E-state index contributed by atoms with van der Waals surface area (Å²) < 4.78 is 38.4. The highest BCUT2D eigenvalue weighted by Gasteiger charge is 2.41. The molecular weight excluding hydrogens is 431 g/mol. The highest BCUT2D eigenvalue weighted by Crippen LogP contribution is 2.37. The third-order valence-electron chi connectivity index (χ3n) is 4.19. The molecule has 1 heterocycles. The second-order valence-corrected chi connectivity index (χ2v) is 6.00. The molecule has 1 saturated carbocycles. The number of rotatable bonds is 3. The molecule has 1 aromatic carbocycles. The first kappa shape index (κ1) is 19.3. The number of ether oxygens (including phenoxy) is 2. The minimum atomic E-state index is -0.592. The second kappa shape index (κ2) is 8.39. The van der Waals surface area contributed by atoms with Crippen LogP contribution in [0.4, 0.5) is 14.5 Å². The molecule has 1 saturated heterocycles. The van der Waals surface area contributed by atoms with Crippen LogP contribution in [0, 0.1) is 11.6 Å². The third-order valence-corrected chi connectivity index (χ3v) is 4.19. The second-order valence-electron chi connectivity index (χ2n) is 6.00. The van der Waals surface area contributed by atoms with Gasteiger partial charge in [-0.2, -0.15) is 0 Å². The van der Waals surface area contributed by atoms with E-state index >= 15 is 0 Å². The van der Waals surface area contributed by atoms with Crippen LogP contribution in [-0.2, 0) is 9.47 Å². The van der Waals surface area contributed by atoms with Crippen molar-refractivity contribution in [2.24, 2.45) is 10.7 Å². The molecular formula is C16H22F2IN3O2. The number of nitrogens with one attached hydrogen (secondary N) is 1. The standard InChI is InChI=1S/C16H21F2N3O2.HI/c17-11-4-5-13(18)14(8-11)21-15(19)20-9-12-10-22-16(23-12)6-2-1-3-7-16;/h4-5,8,12H,1-3,6-7,9-10H2,(H3,19,20,21);1H. The number of benzene rings is 1. The smallest absolute Gasteiger partial charge is 0.193 e. The Labute approximate surface area is 157 Å². The molecule has 24 heavy (non-hydrogen) atoms. The molecule has 3 rings (SSSR count). The van der Waals surface area contributed by atoms with Crippen LogP contribution in [0.1, 0.15) is 32.1 Å². The van der Waals surface area contributed by atoms with Crippen LogP contribution in [0.25, 0.3) is 0 Å². The molecule has 5 nitrogen and oxygen atoms in total. The number of halogens is 3. The van der Waals surface area contributed by atoms with Crippen LogP contribution in [0.3, 0.4) is 0 Å². The van der Waals surface area contributed by atoms with Gasteiger partial charge in [0.15, 0.2) is 11.7 Å². The summed E-state index contributed by atoms with van der Waals surface area (Å²) in [6.07, 6.45) is 5.10. The molecule has 1 atom stereocenters. The Kier molecular flexibility index (Phi) is 6.76. The van der Waals surface area contributed by atoms with E-state index in [1.807, 2.05) is 0 Å². The molecule has 1 aliphatic carbocycles. The summed E-state index contributed by atoms with van der Waals surface area (Å²) in [5.41, 5.74) is 5.68. The lowest BCUT2D eigenvalue weighted by atomic mass is 9.94. The normalized spacial score (nSPS) is 23.1. The molecule has 0 aromatic heterocycles. The van der Waals surface area contributed by atoms with E-state index < -0.39 is 17.4 Å². The molecule has 1 unspecified atom stereocenters. The van der Waals surface area contributed by atoms with Gasteiger partial charge in [0.25, 0.3) is 0 Å². The van der Waals surface area contributed by atoms with E-state index in [4.69, 9.17) is 15.2 Å². The Morgan fingerprint density at radius 3 is 2.79 bits per heavy atom. The molecule has 0 amide bonds. The zero-order chi connectivity index (χ0) is 16.3. The summed E-state index contributed by atoms with van der Waals surface area (Å²) in [6, 6.07) is 3.11. The Bertz CT molecular complexity index is 595. The van der Waals surface area contributed by atoms with Crippen molar-refractivity contribution in [2.75, 3.05) is 18.5 Å². The van der Waals surface area contributed by atoms with Crippen molar-refractivity contribution in [2.45, 2.75) is 44.0 Å². The van der Waals surface area contributed by atoms with Crippen LogP contribution in [-0.4, -0.2) is 31.0 Å². The largest absolute Gasteiger partial charge is 0.370 e. The molecule has 1 spiro atoms. The number of aliphatic imine (C=N–C) groups is 1. The number of hydrogen-bond acceptors (Lipinski definition) is 3. The fourth-order valence-electron chi connectivity index (χ4n) is 3.03. The van der Waals surface area contributed by atoms with Crippen LogP contribution < -0.4 is 11.1 Å². The number of anilines is 1. The van der Waals surface area contributed by atoms with Crippen molar-refractivity contribution >= 4 is 35.6 Å². The van der Waals surface area contributed by atoms with Gasteiger partial charge in [-0.3, -0.25) is 4.99 Å². The van der Waals surface area contributed by atoms with Crippen LogP contribution in [0.15, 0.2) is 23.2 Å². The van der Waals surface area contributed by atoms with Crippen LogP contribution in [0.5, 0.6) is 0 Å². The molecule has 2 aliphatic rings. The number of nitrogens with zero attached hydrogens (tertiary/aromatic N) is 1. The topological polar surface area (TPSA) is 68.9 Å². The SMILES string of the molecule is I.NC(=NCC1COC2(CCCCC2)O1)Nc1cc(F)ccc1F. The zero-order valence-electron chi connectivity index (χ0n) is 13.3. The summed E-state index contributed by atoms with van der Waals surface area (Å²) in [5.74, 6) is -1.57. The van der Waals surface area contributed by atoms with Gasteiger partial charge in [-0.15, -0.1) is 24.0 Å². The van der Waals surface area contributed by atoms with Gasteiger partial charge < -0.3 is 20.5 Å². The zero-order valence-corrected chi connectivity index (χ0v) is 15.6. The van der Waals surface area contributed by atoms with Gasteiger partial charge >= 0.3 is 0 Å². The molecule has 0 bridgehead atoms. The van der Waals surface area contributed by atoms with Gasteiger partial charge in [-0.1, -0.05) is 6.42 Å². The monoisotopic (exact) mass is 453 g/mol. The fourth-order valence-corrected chi connectivity index (χ4v) is 3.03. The van der Waals surface area contributed by atoms with Gasteiger partial charge in [0, 0.05) is 18.9 Å². The van der Waals surface area contributed by atoms with Crippen molar-refractivity contribution in [3.8, 4) is 0 Å². The highest BCUT2D eigenvalue weighted by molar-refractivity contribution is 14.0. The van der Waals surface area contributed by atoms with E-state index in [2.05, 4.69) is 10.3 Å². The van der Waals surface area contributed by atoms with Crippen LogP contribution in [0.2, 0.25) is 0 Å². The molecule has 8 heteroatoms. The maximum absolute atomic E-state index is 13.5. The number of nitrogens with two attached hydrogens (primary N) is 1. The Morgan fingerprint density at radius 2 is 2.04 bits per heavy atom. The molecule has 0 radical (unpaired) electrons. The van der Waals surface area contributed by atoms with Crippen molar-refractivity contribution in [1.29, 1.82) is 0 Å². The summed E-state index contributed by atoms with van der Waals surface area (Å²) in [7, 11) is 0. The minimum Gasteiger partial charge on any atom is -0.370 e.